The minimum absolute atomic E-state index is 0.314. The van der Waals surface area contributed by atoms with Crippen LogP contribution in [0.25, 0.3) is 0 Å². The standard InChI is InChI=1S/C16H25N3O2/c1-3-11(2)19-8-7-13(17-19)10-18-9-12-5-4-6-14(12)15(18)16(20)21/h7-8,11-12,14-15H,3-6,9-10H2,1-2H3,(H,20,21). The number of likely N-dealkylation sites (tertiary alicyclic amines) is 1. The minimum Gasteiger partial charge on any atom is -0.480 e. The number of nitrogens with zero attached hydrogens (tertiary/aromatic N) is 3. The van der Waals surface area contributed by atoms with Crippen LogP contribution in [0.5, 0.6) is 0 Å². The van der Waals surface area contributed by atoms with Crippen LogP contribution < -0.4 is 0 Å². The highest BCUT2D eigenvalue weighted by Crippen LogP contribution is 2.42. The molecule has 2 aliphatic rings. The van der Waals surface area contributed by atoms with Crippen molar-refractivity contribution < 1.29 is 9.90 Å². The summed E-state index contributed by atoms with van der Waals surface area (Å²) in [6.07, 6.45) is 6.50. The van der Waals surface area contributed by atoms with Crippen LogP contribution in [0.4, 0.5) is 0 Å². The van der Waals surface area contributed by atoms with Gasteiger partial charge >= 0.3 is 5.97 Å². The van der Waals surface area contributed by atoms with Crippen molar-refractivity contribution in [2.24, 2.45) is 11.8 Å². The van der Waals surface area contributed by atoms with Crippen molar-refractivity contribution in [1.82, 2.24) is 14.7 Å². The maximum Gasteiger partial charge on any atom is 0.321 e. The van der Waals surface area contributed by atoms with Crippen LogP contribution >= 0.6 is 0 Å². The topological polar surface area (TPSA) is 58.4 Å². The van der Waals surface area contributed by atoms with Gasteiger partial charge in [0.05, 0.1) is 5.69 Å². The summed E-state index contributed by atoms with van der Waals surface area (Å²) in [5.74, 6) is 0.257. The van der Waals surface area contributed by atoms with Gasteiger partial charge in [-0.1, -0.05) is 13.3 Å². The van der Waals surface area contributed by atoms with Gasteiger partial charge in [0.25, 0.3) is 0 Å². The molecule has 21 heavy (non-hydrogen) atoms. The number of carboxylic acid groups (broad SMARTS) is 1. The highest BCUT2D eigenvalue weighted by Gasteiger charge is 2.47. The van der Waals surface area contributed by atoms with Gasteiger partial charge in [-0.2, -0.15) is 5.10 Å². The van der Waals surface area contributed by atoms with E-state index in [9.17, 15) is 9.90 Å². The number of hydrogen-bond donors (Lipinski definition) is 1. The van der Waals surface area contributed by atoms with Gasteiger partial charge < -0.3 is 5.11 Å². The number of rotatable bonds is 5. The van der Waals surface area contributed by atoms with Crippen LogP contribution in [0.2, 0.25) is 0 Å². The second kappa shape index (κ2) is 5.79. The number of fused-ring (bicyclic) bond motifs is 1. The second-order valence-electron chi connectivity index (χ2n) is 6.61. The third-order valence-electron chi connectivity index (χ3n) is 5.31. The van der Waals surface area contributed by atoms with E-state index in [1.54, 1.807) is 0 Å². The first-order chi connectivity index (χ1) is 10.1. The van der Waals surface area contributed by atoms with Crippen molar-refractivity contribution in [2.45, 2.75) is 58.2 Å². The van der Waals surface area contributed by atoms with E-state index in [1.807, 2.05) is 16.9 Å². The molecule has 0 spiro atoms. The molecule has 1 saturated heterocycles. The predicted octanol–water partition coefficient (Wildman–Crippen LogP) is 2.54. The number of hydrogen-bond acceptors (Lipinski definition) is 3. The van der Waals surface area contributed by atoms with Crippen molar-refractivity contribution in [3.05, 3.63) is 18.0 Å². The van der Waals surface area contributed by atoms with Crippen LogP contribution in [-0.2, 0) is 11.3 Å². The molecule has 0 aromatic carbocycles. The average molecular weight is 291 g/mol. The summed E-state index contributed by atoms with van der Waals surface area (Å²) < 4.78 is 1.99. The van der Waals surface area contributed by atoms with E-state index in [4.69, 9.17) is 0 Å². The molecule has 5 nitrogen and oxygen atoms in total. The molecule has 3 rings (SSSR count). The van der Waals surface area contributed by atoms with Crippen molar-refractivity contribution in [3.8, 4) is 0 Å². The van der Waals surface area contributed by atoms with Gasteiger partial charge in [-0.05, 0) is 44.1 Å². The van der Waals surface area contributed by atoms with E-state index < -0.39 is 5.97 Å². The molecule has 1 aliphatic carbocycles. The normalized spacial score (nSPS) is 30.5. The molecule has 2 fully saturated rings. The van der Waals surface area contributed by atoms with Crippen molar-refractivity contribution in [1.29, 1.82) is 0 Å². The molecule has 1 aromatic rings. The lowest BCUT2D eigenvalue weighted by Gasteiger charge is -2.23. The molecule has 1 N–H and O–H groups in total. The Hall–Kier alpha value is -1.36. The van der Waals surface area contributed by atoms with Crippen molar-refractivity contribution in [2.75, 3.05) is 6.54 Å². The molecule has 5 heteroatoms. The van der Waals surface area contributed by atoms with Crippen molar-refractivity contribution >= 4 is 5.97 Å². The zero-order valence-corrected chi connectivity index (χ0v) is 12.9. The molecular weight excluding hydrogens is 266 g/mol. The number of aliphatic carboxylic acids is 1. The first-order valence-electron chi connectivity index (χ1n) is 8.11. The van der Waals surface area contributed by atoms with Gasteiger partial charge in [0, 0.05) is 25.3 Å². The Morgan fingerprint density at radius 3 is 3.05 bits per heavy atom. The quantitative estimate of drug-likeness (QED) is 0.905. The minimum atomic E-state index is -0.661. The van der Waals surface area contributed by atoms with Gasteiger partial charge in [-0.3, -0.25) is 14.4 Å². The first kappa shape index (κ1) is 14.6. The smallest absolute Gasteiger partial charge is 0.321 e. The van der Waals surface area contributed by atoms with E-state index in [0.29, 0.717) is 24.4 Å². The Labute approximate surface area is 125 Å². The monoisotopic (exact) mass is 291 g/mol. The number of aromatic nitrogens is 2. The molecule has 1 aliphatic heterocycles. The average Bonchev–Trinajstić information content (AvgIpc) is 3.12. The molecule has 116 valence electrons. The fraction of sp³-hybridized carbons (Fsp3) is 0.750. The Balaban J connectivity index is 1.72. The zero-order valence-electron chi connectivity index (χ0n) is 12.9. The van der Waals surface area contributed by atoms with Crippen LogP contribution in [-0.4, -0.2) is 38.3 Å². The lowest BCUT2D eigenvalue weighted by Crippen LogP contribution is -2.39. The Kier molecular flexibility index (Phi) is 4.02. The molecule has 1 aromatic heterocycles. The summed E-state index contributed by atoms with van der Waals surface area (Å²) in [6, 6.07) is 2.11. The second-order valence-corrected chi connectivity index (χ2v) is 6.61. The summed E-state index contributed by atoms with van der Waals surface area (Å²) >= 11 is 0. The van der Waals surface area contributed by atoms with Gasteiger partial charge in [0.15, 0.2) is 0 Å². The fourth-order valence-electron chi connectivity index (χ4n) is 4.00. The van der Waals surface area contributed by atoms with E-state index in [1.165, 1.54) is 12.8 Å². The maximum absolute atomic E-state index is 11.6. The summed E-state index contributed by atoms with van der Waals surface area (Å²) in [5, 5.41) is 14.2. The van der Waals surface area contributed by atoms with Gasteiger partial charge in [0.2, 0.25) is 0 Å². The SMILES string of the molecule is CCC(C)n1ccc(CN2CC3CCCC3C2C(=O)O)n1. The highest BCUT2D eigenvalue weighted by molar-refractivity contribution is 5.74. The lowest BCUT2D eigenvalue weighted by atomic mass is 9.94. The van der Waals surface area contributed by atoms with E-state index >= 15 is 0 Å². The van der Waals surface area contributed by atoms with E-state index in [2.05, 4.69) is 23.8 Å². The third-order valence-corrected chi connectivity index (χ3v) is 5.31. The number of carboxylic acids is 1. The molecule has 1 saturated carbocycles. The zero-order chi connectivity index (χ0) is 15.0. The maximum atomic E-state index is 11.6. The Bertz CT molecular complexity index is 513. The summed E-state index contributed by atoms with van der Waals surface area (Å²) in [6.45, 7) is 5.87. The van der Waals surface area contributed by atoms with E-state index in [-0.39, 0.29) is 6.04 Å². The van der Waals surface area contributed by atoms with Gasteiger partial charge in [-0.25, -0.2) is 0 Å². The lowest BCUT2D eigenvalue weighted by molar-refractivity contribution is -0.143. The van der Waals surface area contributed by atoms with Crippen LogP contribution in [0.15, 0.2) is 12.3 Å². The third kappa shape index (κ3) is 2.71. The summed E-state index contributed by atoms with van der Waals surface area (Å²) in [5.41, 5.74) is 0.988. The molecule has 4 unspecified atom stereocenters. The predicted molar refractivity (Wildman–Crippen MR) is 79.9 cm³/mol. The Morgan fingerprint density at radius 1 is 1.52 bits per heavy atom. The van der Waals surface area contributed by atoms with Gasteiger partial charge in [0.1, 0.15) is 6.04 Å². The molecule has 0 amide bonds. The highest BCUT2D eigenvalue weighted by atomic mass is 16.4. The number of carbonyl (C=O) groups is 1. The first-order valence-corrected chi connectivity index (χ1v) is 8.11. The largest absolute Gasteiger partial charge is 0.480 e. The van der Waals surface area contributed by atoms with E-state index in [0.717, 1.165) is 25.1 Å². The van der Waals surface area contributed by atoms with Crippen LogP contribution in [0, 0.1) is 11.8 Å². The molecule has 4 atom stereocenters. The molecule has 2 heterocycles. The molecule has 0 radical (unpaired) electrons. The van der Waals surface area contributed by atoms with Crippen molar-refractivity contribution in [3.63, 3.8) is 0 Å². The summed E-state index contributed by atoms with van der Waals surface area (Å²) in [7, 11) is 0. The van der Waals surface area contributed by atoms with Crippen LogP contribution in [0.1, 0.15) is 51.3 Å². The molecule has 0 bridgehead atoms. The fourth-order valence-corrected chi connectivity index (χ4v) is 4.00. The Morgan fingerprint density at radius 2 is 2.33 bits per heavy atom. The summed E-state index contributed by atoms with van der Waals surface area (Å²) in [4.78, 5) is 13.8. The van der Waals surface area contributed by atoms with Gasteiger partial charge in [-0.15, -0.1) is 0 Å². The van der Waals surface area contributed by atoms with Crippen LogP contribution in [0.3, 0.4) is 0 Å². The molecular formula is C16H25N3O2.